The van der Waals surface area contributed by atoms with E-state index in [1.165, 1.54) is 11.8 Å². The fourth-order valence-corrected chi connectivity index (χ4v) is 3.94. The van der Waals surface area contributed by atoms with Gasteiger partial charge >= 0.3 is 0 Å². The molecule has 1 fully saturated rings. The molecule has 0 N–H and O–H groups in total. The fraction of sp³-hybridized carbons (Fsp3) is 0.278. The van der Waals surface area contributed by atoms with E-state index in [-0.39, 0.29) is 5.91 Å². The minimum absolute atomic E-state index is 0.0654. The lowest BCUT2D eigenvalue weighted by Crippen LogP contribution is -2.30. The second-order valence-electron chi connectivity index (χ2n) is 5.72. The van der Waals surface area contributed by atoms with E-state index in [1.54, 1.807) is 30.0 Å². The summed E-state index contributed by atoms with van der Waals surface area (Å²) in [6, 6.07) is 5.74. The standard InChI is InChI=1S/C18H19N3O3S2/c1-20-11-13(10-19-20)9-16-17(22)21(18(25)26-16)7-6-12-4-5-14(23-2)15(8-12)24-3/h4-5,8-11H,6-7H2,1-3H3/b16-9+. The average Bonchev–Trinajstić information content (AvgIpc) is 3.16. The summed E-state index contributed by atoms with van der Waals surface area (Å²) in [5.41, 5.74) is 1.93. The quantitative estimate of drug-likeness (QED) is 0.559. The molecule has 1 aromatic carbocycles. The van der Waals surface area contributed by atoms with Crippen LogP contribution in [0.15, 0.2) is 35.5 Å². The predicted molar refractivity (Wildman–Crippen MR) is 106 cm³/mol. The number of methoxy groups -OCH3 is 2. The van der Waals surface area contributed by atoms with Gasteiger partial charge in [-0.3, -0.25) is 14.4 Å². The number of amides is 1. The first-order valence-electron chi connectivity index (χ1n) is 7.96. The zero-order valence-corrected chi connectivity index (χ0v) is 16.4. The molecule has 136 valence electrons. The van der Waals surface area contributed by atoms with Crippen molar-refractivity contribution < 1.29 is 14.3 Å². The fourth-order valence-electron chi connectivity index (χ4n) is 2.64. The summed E-state index contributed by atoms with van der Waals surface area (Å²) in [5.74, 6) is 1.29. The highest BCUT2D eigenvalue weighted by molar-refractivity contribution is 8.26. The molecule has 0 unspecified atom stereocenters. The first-order chi connectivity index (χ1) is 12.5. The minimum atomic E-state index is -0.0654. The normalized spacial score (nSPS) is 15.8. The Balaban J connectivity index is 1.69. The SMILES string of the molecule is COc1ccc(CCN2C(=O)/C(=C\c3cnn(C)c3)SC2=S)cc1OC. The molecule has 2 aromatic rings. The second-order valence-corrected chi connectivity index (χ2v) is 7.40. The summed E-state index contributed by atoms with van der Waals surface area (Å²) in [4.78, 5) is 14.9. The topological polar surface area (TPSA) is 56.6 Å². The van der Waals surface area contributed by atoms with Gasteiger partial charge in [0.1, 0.15) is 4.32 Å². The van der Waals surface area contributed by atoms with Gasteiger partial charge in [0.2, 0.25) is 0 Å². The summed E-state index contributed by atoms with van der Waals surface area (Å²) < 4.78 is 12.8. The number of hydrogen-bond acceptors (Lipinski definition) is 6. The van der Waals surface area contributed by atoms with Crippen LogP contribution in [-0.4, -0.2) is 45.7 Å². The molecule has 1 amide bonds. The van der Waals surface area contributed by atoms with Gasteiger partial charge in [0.15, 0.2) is 11.5 Å². The number of benzene rings is 1. The summed E-state index contributed by atoms with van der Waals surface area (Å²) in [5, 5.41) is 4.11. The summed E-state index contributed by atoms with van der Waals surface area (Å²) in [6.45, 7) is 0.518. The molecule has 0 atom stereocenters. The van der Waals surface area contributed by atoms with Crippen LogP contribution < -0.4 is 9.47 Å². The Hall–Kier alpha value is -2.32. The third kappa shape index (κ3) is 3.91. The van der Waals surface area contributed by atoms with Crippen LogP contribution in [0.25, 0.3) is 6.08 Å². The average molecular weight is 390 g/mol. The van der Waals surface area contributed by atoms with Gasteiger partial charge in [0, 0.05) is 25.4 Å². The molecule has 26 heavy (non-hydrogen) atoms. The summed E-state index contributed by atoms with van der Waals surface area (Å²) in [6.07, 6.45) is 6.07. The molecule has 1 aliphatic rings. The van der Waals surface area contributed by atoms with Crippen molar-refractivity contribution in [2.45, 2.75) is 6.42 Å². The number of ether oxygens (including phenoxy) is 2. The summed E-state index contributed by atoms with van der Waals surface area (Å²) in [7, 11) is 5.05. The predicted octanol–water partition coefficient (Wildman–Crippen LogP) is 2.88. The highest BCUT2D eigenvalue weighted by Crippen LogP contribution is 2.33. The molecule has 0 saturated carbocycles. The van der Waals surface area contributed by atoms with E-state index in [1.807, 2.05) is 37.5 Å². The van der Waals surface area contributed by atoms with Gasteiger partial charge in [-0.25, -0.2) is 0 Å². The van der Waals surface area contributed by atoms with Crippen LogP contribution in [0, 0.1) is 0 Å². The number of carbonyl (C=O) groups excluding carboxylic acids is 1. The zero-order chi connectivity index (χ0) is 18.7. The Labute approximate surface area is 161 Å². The molecule has 0 radical (unpaired) electrons. The first-order valence-corrected chi connectivity index (χ1v) is 9.19. The molecule has 1 aromatic heterocycles. The van der Waals surface area contributed by atoms with Crippen molar-refractivity contribution in [3.8, 4) is 11.5 Å². The summed E-state index contributed by atoms with van der Waals surface area (Å²) >= 11 is 6.70. The Morgan fingerprint density at radius 2 is 2.04 bits per heavy atom. The number of carbonyl (C=O) groups is 1. The molecule has 3 rings (SSSR count). The lowest BCUT2D eigenvalue weighted by atomic mass is 10.1. The molecule has 0 bridgehead atoms. The van der Waals surface area contributed by atoms with Crippen molar-refractivity contribution in [3.63, 3.8) is 0 Å². The number of thioether (sulfide) groups is 1. The third-order valence-electron chi connectivity index (χ3n) is 3.97. The third-order valence-corrected chi connectivity index (χ3v) is 5.35. The maximum atomic E-state index is 12.6. The van der Waals surface area contributed by atoms with Gasteiger partial charge in [0.25, 0.3) is 5.91 Å². The highest BCUT2D eigenvalue weighted by atomic mass is 32.2. The highest BCUT2D eigenvalue weighted by Gasteiger charge is 2.31. The number of aromatic nitrogens is 2. The van der Waals surface area contributed by atoms with Crippen LogP contribution in [-0.2, 0) is 18.3 Å². The van der Waals surface area contributed by atoms with E-state index >= 15 is 0 Å². The Morgan fingerprint density at radius 1 is 1.27 bits per heavy atom. The molecule has 2 heterocycles. The van der Waals surface area contributed by atoms with Crippen molar-refractivity contribution in [3.05, 3.63) is 46.6 Å². The Kier molecular flexibility index (Phi) is 5.63. The number of rotatable bonds is 6. The van der Waals surface area contributed by atoms with Crippen molar-refractivity contribution in [1.29, 1.82) is 0 Å². The van der Waals surface area contributed by atoms with E-state index in [2.05, 4.69) is 5.10 Å². The van der Waals surface area contributed by atoms with Crippen LogP contribution in [0.5, 0.6) is 11.5 Å². The van der Waals surface area contributed by atoms with Crippen LogP contribution in [0.4, 0.5) is 0 Å². The lowest BCUT2D eigenvalue weighted by Gasteiger charge is -2.15. The molecule has 1 saturated heterocycles. The van der Waals surface area contributed by atoms with E-state index < -0.39 is 0 Å². The largest absolute Gasteiger partial charge is 0.493 e. The second kappa shape index (κ2) is 7.92. The lowest BCUT2D eigenvalue weighted by molar-refractivity contribution is -0.122. The molecule has 0 spiro atoms. The maximum Gasteiger partial charge on any atom is 0.266 e. The van der Waals surface area contributed by atoms with Crippen LogP contribution in [0.1, 0.15) is 11.1 Å². The zero-order valence-electron chi connectivity index (χ0n) is 14.8. The molecule has 1 aliphatic heterocycles. The smallest absolute Gasteiger partial charge is 0.266 e. The van der Waals surface area contributed by atoms with Crippen molar-refractivity contribution in [2.75, 3.05) is 20.8 Å². The minimum Gasteiger partial charge on any atom is -0.493 e. The van der Waals surface area contributed by atoms with Gasteiger partial charge in [-0.05, 0) is 30.2 Å². The van der Waals surface area contributed by atoms with Gasteiger partial charge in [-0.15, -0.1) is 0 Å². The monoisotopic (exact) mass is 389 g/mol. The van der Waals surface area contributed by atoms with E-state index in [9.17, 15) is 4.79 Å². The number of hydrogen-bond donors (Lipinski definition) is 0. The molecular weight excluding hydrogens is 370 g/mol. The van der Waals surface area contributed by atoms with Crippen molar-refractivity contribution in [2.24, 2.45) is 7.05 Å². The van der Waals surface area contributed by atoms with Gasteiger partial charge in [-0.1, -0.05) is 30.0 Å². The molecule has 8 heteroatoms. The van der Waals surface area contributed by atoms with Crippen molar-refractivity contribution >= 4 is 40.3 Å². The number of thiocarbonyl (C=S) groups is 1. The van der Waals surface area contributed by atoms with Gasteiger partial charge < -0.3 is 9.47 Å². The van der Waals surface area contributed by atoms with E-state index in [4.69, 9.17) is 21.7 Å². The maximum absolute atomic E-state index is 12.6. The molecule has 0 aliphatic carbocycles. The number of nitrogens with zero attached hydrogens (tertiary/aromatic N) is 3. The van der Waals surface area contributed by atoms with E-state index in [0.29, 0.717) is 33.7 Å². The Bertz CT molecular complexity index is 876. The van der Waals surface area contributed by atoms with Gasteiger partial charge in [0.05, 0.1) is 25.3 Å². The van der Waals surface area contributed by atoms with Gasteiger partial charge in [-0.2, -0.15) is 5.10 Å². The first kappa shape index (κ1) is 18.5. The van der Waals surface area contributed by atoms with Crippen LogP contribution >= 0.6 is 24.0 Å². The van der Waals surface area contributed by atoms with E-state index in [0.717, 1.165) is 11.1 Å². The Morgan fingerprint density at radius 3 is 2.69 bits per heavy atom. The van der Waals surface area contributed by atoms with Crippen LogP contribution in [0.2, 0.25) is 0 Å². The molecule has 6 nitrogen and oxygen atoms in total. The van der Waals surface area contributed by atoms with Crippen molar-refractivity contribution in [1.82, 2.24) is 14.7 Å². The number of aryl methyl sites for hydroxylation is 1. The van der Waals surface area contributed by atoms with Crippen LogP contribution in [0.3, 0.4) is 0 Å². The molecular formula is C18H19N3O3S2.